The first kappa shape index (κ1) is 7.21. The number of hydrogen-bond acceptors (Lipinski definition) is 4. The quantitative estimate of drug-likeness (QED) is 0.600. The molecule has 0 aliphatic carbocycles. The second-order valence-corrected chi connectivity index (χ2v) is 2.36. The van der Waals surface area contributed by atoms with Crippen molar-refractivity contribution in [3.8, 4) is 0 Å². The molecule has 0 aromatic carbocycles. The zero-order chi connectivity index (χ0) is 7.40. The summed E-state index contributed by atoms with van der Waals surface area (Å²) in [6, 6.07) is 0. The molecule has 0 amide bonds. The number of aromatic nitrogens is 1. The molecule has 0 bridgehead atoms. The van der Waals surface area contributed by atoms with E-state index in [4.69, 9.17) is 0 Å². The van der Waals surface area contributed by atoms with E-state index in [1.54, 1.807) is 5.38 Å². The highest BCUT2D eigenvalue weighted by molar-refractivity contribution is 7.07. The van der Waals surface area contributed by atoms with Crippen LogP contribution in [0.15, 0.2) is 5.38 Å². The molecule has 10 heavy (non-hydrogen) atoms. The minimum Gasteiger partial charge on any atom is -0.459 e. The van der Waals surface area contributed by atoms with Crippen molar-refractivity contribution in [2.75, 3.05) is 0 Å². The summed E-state index contributed by atoms with van der Waals surface area (Å²) in [5.41, 5.74) is 3.40. The summed E-state index contributed by atoms with van der Waals surface area (Å²) in [6.45, 7) is 1.63. The van der Waals surface area contributed by atoms with Crippen LogP contribution in [0.1, 0.15) is 12.6 Å². The third-order valence-electron chi connectivity index (χ3n) is 0.860. The molecule has 0 N–H and O–H groups in total. The van der Waals surface area contributed by atoms with Gasteiger partial charge in [0.15, 0.2) is 5.51 Å². The monoisotopic (exact) mass is 156 g/mol. The predicted octanol–water partition coefficient (Wildman–Crippen LogP) is 1.01. The maximum absolute atomic E-state index is 10.3. The van der Waals surface area contributed by atoms with Crippen LogP contribution >= 0.6 is 11.3 Å². The van der Waals surface area contributed by atoms with E-state index in [1.807, 2.05) is 0 Å². The lowest BCUT2D eigenvalue weighted by atomic mass is 10.5. The summed E-state index contributed by atoms with van der Waals surface area (Å²) in [7, 11) is 0. The average Bonchev–Trinajstić information content (AvgIpc) is 2.34. The van der Waals surface area contributed by atoms with E-state index >= 15 is 0 Å². The zero-order valence-electron chi connectivity index (χ0n) is 5.46. The van der Waals surface area contributed by atoms with Crippen LogP contribution in [0.5, 0.6) is 0 Å². The van der Waals surface area contributed by atoms with Gasteiger partial charge in [0.05, 0.1) is 5.69 Å². The molecule has 1 aromatic heterocycles. The summed E-state index contributed by atoms with van der Waals surface area (Å²) < 4.78 is 4.67. The van der Waals surface area contributed by atoms with Gasteiger partial charge >= 0.3 is 5.97 Å². The van der Waals surface area contributed by atoms with Crippen LogP contribution < -0.4 is 0 Å². The summed E-state index contributed by atoms with van der Waals surface area (Å²) in [5.74, 6) is -0.284. The Hall–Kier alpha value is -0.900. The second-order valence-electron chi connectivity index (χ2n) is 1.71. The Morgan fingerprint density at radius 3 is 3.30 bits per heavy atom. The summed E-state index contributed by atoms with van der Waals surface area (Å²) in [4.78, 5) is 14.1. The zero-order valence-corrected chi connectivity index (χ0v) is 6.27. The number of hydrogen-bond donors (Lipinski definition) is 0. The number of thiazole rings is 1. The van der Waals surface area contributed by atoms with Crippen LogP contribution in [0.25, 0.3) is 0 Å². The highest BCUT2D eigenvalue weighted by Gasteiger charge is 1.96. The molecule has 53 valence electrons. The maximum atomic E-state index is 10.3. The maximum Gasteiger partial charge on any atom is 0.303 e. The number of nitrogens with zero attached hydrogens (tertiary/aromatic N) is 1. The van der Waals surface area contributed by atoms with Crippen LogP contribution in [0, 0.1) is 5.51 Å². The third-order valence-corrected chi connectivity index (χ3v) is 1.45. The Bertz CT molecular complexity index is 208. The molecular weight excluding hydrogens is 150 g/mol. The smallest absolute Gasteiger partial charge is 0.303 e. The van der Waals surface area contributed by atoms with Crippen molar-refractivity contribution >= 4 is 17.3 Å². The molecule has 1 radical (unpaired) electrons. The van der Waals surface area contributed by atoms with Crippen LogP contribution in [0.4, 0.5) is 0 Å². The van der Waals surface area contributed by atoms with Crippen molar-refractivity contribution in [3.63, 3.8) is 0 Å². The molecule has 1 aromatic rings. The van der Waals surface area contributed by atoms with E-state index < -0.39 is 0 Å². The minimum absolute atomic E-state index is 0.259. The van der Waals surface area contributed by atoms with E-state index in [0.29, 0.717) is 0 Å². The summed E-state index contributed by atoms with van der Waals surface area (Å²) in [5, 5.41) is 1.79. The molecule has 0 fully saturated rings. The van der Waals surface area contributed by atoms with Gasteiger partial charge in [0.1, 0.15) is 6.61 Å². The lowest BCUT2D eigenvalue weighted by Gasteiger charge is -1.95. The summed E-state index contributed by atoms with van der Waals surface area (Å²) >= 11 is 1.36. The van der Waals surface area contributed by atoms with Crippen molar-refractivity contribution in [1.29, 1.82) is 0 Å². The number of esters is 1. The van der Waals surface area contributed by atoms with Gasteiger partial charge in [0.25, 0.3) is 0 Å². The molecular formula is C6H6NO2S. The normalized spacial score (nSPS) is 9.30. The molecule has 0 saturated carbocycles. The molecule has 1 heterocycles. The first-order valence-electron chi connectivity index (χ1n) is 2.73. The van der Waals surface area contributed by atoms with Crippen molar-refractivity contribution in [3.05, 3.63) is 16.6 Å². The topological polar surface area (TPSA) is 39.2 Å². The van der Waals surface area contributed by atoms with E-state index in [-0.39, 0.29) is 12.6 Å². The van der Waals surface area contributed by atoms with Gasteiger partial charge in [0, 0.05) is 12.3 Å². The van der Waals surface area contributed by atoms with Gasteiger partial charge in [-0.25, -0.2) is 4.98 Å². The second kappa shape index (κ2) is 3.31. The standard InChI is InChI=1S/C6H6NO2S/c1-5(8)9-2-6-3-10-4-7-6/h3H,2H2,1H3. The Kier molecular flexibility index (Phi) is 2.39. The first-order valence-corrected chi connectivity index (χ1v) is 3.61. The molecule has 0 saturated heterocycles. The lowest BCUT2D eigenvalue weighted by Crippen LogP contribution is -1.98. The van der Waals surface area contributed by atoms with Crippen LogP contribution in [-0.2, 0) is 16.1 Å². The van der Waals surface area contributed by atoms with Crippen LogP contribution in [0.2, 0.25) is 0 Å². The number of carbonyl (C=O) groups excluding carboxylic acids is 1. The van der Waals surface area contributed by atoms with Gasteiger partial charge in [-0.2, -0.15) is 0 Å². The number of rotatable bonds is 2. The SMILES string of the molecule is CC(=O)OCc1cs[c]n1. The fourth-order valence-electron chi connectivity index (χ4n) is 0.448. The van der Waals surface area contributed by atoms with E-state index in [2.05, 4.69) is 15.2 Å². The third kappa shape index (κ3) is 2.14. The molecule has 1 rings (SSSR count). The van der Waals surface area contributed by atoms with Crippen LogP contribution in [-0.4, -0.2) is 11.0 Å². The van der Waals surface area contributed by atoms with E-state index in [9.17, 15) is 4.79 Å². The fourth-order valence-corrected chi connectivity index (χ4v) is 0.927. The predicted molar refractivity (Wildman–Crippen MR) is 36.4 cm³/mol. The minimum atomic E-state index is -0.284. The Morgan fingerprint density at radius 1 is 2.00 bits per heavy atom. The highest BCUT2D eigenvalue weighted by atomic mass is 32.1. The number of carbonyl (C=O) groups is 1. The fraction of sp³-hybridized carbons (Fsp3) is 0.333. The van der Waals surface area contributed by atoms with Gasteiger partial charge in [0.2, 0.25) is 0 Å². The molecule has 0 aliphatic rings. The molecule has 0 aliphatic heterocycles. The Morgan fingerprint density at radius 2 is 2.80 bits per heavy atom. The molecule has 4 heteroatoms. The van der Waals surface area contributed by atoms with Crippen LogP contribution in [0.3, 0.4) is 0 Å². The van der Waals surface area contributed by atoms with Crippen molar-refractivity contribution in [2.24, 2.45) is 0 Å². The van der Waals surface area contributed by atoms with Crippen molar-refractivity contribution < 1.29 is 9.53 Å². The first-order chi connectivity index (χ1) is 4.79. The Labute approximate surface area is 62.7 Å². The largest absolute Gasteiger partial charge is 0.459 e. The van der Waals surface area contributed by atoms with E-state index in [0.717, 1.165) is 5.69 Å². The van der Waals surface area contributed by atoms with Gasteiger partial charge in [-0.05, 0) is 0 Å². The molecule has 0 unspecified atom stereocenters. The van der Waals surface area contributed by atoms with Crippen molar-refractivity contribution in [2.45, 2.75) is 13.5 Å². The molecule has 0 atom stereocenters. The Balaban J connectivity index is 2.35. The van der Waals surface area contributed by atoms with Gasteiger partial charge in [-0.1, -0.05) is 0 Å². The van der Waals surface area contributed by atoms with E-state index in [1.165, 1.54) is 18.3 Å². The average molecular weight is 156 g/mol. The molecule has 0 spiro atoms. The summed E-state index contributed by atoms with van der Waals surface area (Å²) in [6.07, 6.45) is 0. The van der Waals surface area contributed by atoms with Gasteiger partial charge in [-0.3, -0.25) is 4.79 Å². The van der Waals surface area contributed by atoms with Crippen molar-refractivity contribution in [1.82, 2.24) is 4.98 Å². The van der Waals surface area contributed by atoms with Gasteiger partial charge in [-0.15, -0.1) is 11.3 Å². The highest BCUT2D eigenvalue weighted by Crippen LogP contribution is 2.01. The van der Waals surface area contributed by atoms with Gasteiger partial charge < -0.3 is 4.74 Å². The lowest BCUT2D eigenvalue weighted by molar-refractivity contribution is -0.142. The number of ether oxygens (including phenoxy) is 1. The molecule has 3 nitrogen and oxygen atoms in total.